The number of anilines is 1. The smallest absolute Gasteiger partial charge is 0.330 e. The molecule has 0 aliphatic carbocycles. The molecule has 8 nitrogen and oxygen atoms in total. The van der Waals surface area contributed by atoms with Gasteiger partial charge in [-0.2, -0.15) is 0 Å². The first-order valence-corrected chi connectivity index (χ1v) is 6.51. The fraction of sp³-hybridized carbons (Fsp3) is 0.214. The number of hydroxylamine groups is 1. The molecule has 2 aromatic rings. The zero-order chi connectivity index (χ0) is 15.9. The van der Waals surface area contributed by atoms with E-state index in [1.54, 1.807) is 13.3 Å². The van der Waals surface area contributed by atoms with Crippen LogP contribution in [0.1, 0.15) is 12.5 Å². The molecule has 0 aliphatic heterocycles. The molecule has 0 saturated carbocycles. The second-order valence-electron chi connectivity index (χ2n) is 4.28. The van der Waals surface area contributed by atoms with E-state index in [4.69, 9.17) is 15.3 Å². The highest BCUT2D eigenvalue weighted by atomic mass is 16.7. The Labute approximate surface area is 127 Å². The Morgan fingerprint density at radius 2 is 2.23 bits per heavy atom. The Bertz CT molecular complexity index is 654. The molecule has 0 amide bonds. The number of ether oxygens (including phenoxy) is 1. The number of nitrogens with one attached hydrogen (secondary N) is 1. The molecular formula is C14H17N5O3. The summed E-state index contributed by atoms with van der Waals surface area (Å²) in [7, 11) is 1.58. The molecule has 1 aromatic carbocycles. The first kappa shape index (κ1) is 15.4. The van der Waals surface area contributed by atoms with Crippen LogP contribution in [-0.2, 0) is 16.2 Å². The van der Waals surface area contributed by atoms with Crippen LogP contribution in [-0.4, -0.2) is 29.0 Å². The SMILES string of the molecule is COc1ccccc1CN=C(N)N(OC(C)=O)c1ncc[nH]1. The van der Waals surface area contributed by atoms with Crippen LogP contribution in [0.4, 0.5) is 5.95 Å². The number of rotatable bonds is 4. The first-order chi connectivity index (χ1) is 10.6. The van der Waals surface area contributed by atoms with Crippen LogP contribution < -0.4 is 15.5 Å². The topological polar surface area (TPSA) is 106 Å². The van der Waals surface area contributed by atoms with Gasteiger partial charge in [-0.1, -0.05) is 18.2 Å². The van der Waals surface area contributed by atoms with Gasteiger partial charge in [-0.15, -0.1) is 5.06 Å². The number of para-hydroxylation sites is 1. The first-order valence-electron chi connectivity index (χ1n) is 6.51. The number of hydrogen-bond donors (Lipinski definition) is 2. The third-order valence-corrected chi connectivity index (χ3v) is 2.71. The fourth-order valence-electron chi connectivity index (χ4n) is 1.76. The van der Waals surface area contributed by atoms with Gasteiger partial charge >= 0.3 is 5.97 Å². The summed E-state index contributed by atoms with van der Waals surface area (Å²) in [5.41, 5.74) is 6.75. The molecule has 2 rings (SSSR count). The normalized spacial score (nSPS) is 11.1. The Hall–Kier alpha value is -3.03. The summed E-state index contributed by atoms with van der Waals surface area (Å²) < 4.78 is 5.25. The molecule has 3 N–H and O–H groups in total. The minimum absolute atomic E-state index is 0.00365. The lowest BCUT2D eigenvalue weighted by atomic mass is 10.2. The quantitative estimate of drug-likeness (QED) is 0.500. The maximum Gasteiger partial charge on any atom is 0.330 e. The van der Waals surface area contributed by atoms with Crippen LogP contribution in [0.15, 0.2) is 41.7 Å². The van der Waals surface area contributed by atoms with E-state index >= 15 is 0 Å². The monoisotopic (exact) mass is 303 g/mol. The second kappa shape index (κ2) is 7.11. The number of hydrogen-bond acceptors (Lipinski definition) is 5. The van der Waals surface area contributed by atoms with E-state index in [-0.39, 0.29) is 18.5 Å². The fourth-order valence-corrected chi connectivity index (χ4v) is 1.76. The number of nitrogens with zero attached hydrogens (tertiary/aromatic N) is 3. The standard InChI is InChI=1S/C14H17N5O3/c1-10(20)22-19(14-16-7-8-17-14)13(15)18-9-11-5-3-4-6-12(11)21-2/h3-8H,9H2,1-2H3,(H2,15,18)(H,16,17). The van der Waals surface area contributed by atoms with Crippen LogP contribution in [0.5, 0.6) is 5.75 Å². The van der Waals surface area contributed by atoms with Crippen LogP contribution in [0.25, 0.3) is 0 Å². The number of carbonyl (C=O) groups excluding carboxylic acids is 1. The van der Waals surface area contributed by atoms with Crippen molar-refractivity contribution in [1.82, 2.24) is 9.97 Å². The molecule has 0 unspecified atom stereocenters. The summed E-state index contributed by atoms with van der Waals surface area (Å²) in [6.45, 7) is 1.54. The van der Waals surface area contributed by atoms with E-state index in [2.05, 4.69) is 15.0 Å². The lowest BCUT2D eigenvalue weighted by Crippen LogP contribution is -2.39. The maximum atomic E-state index is 11.2. The molecule has 0 aliphatic rings. The highest BCUT2D eigenvalue weighted by Crippen LogP contribution is 2.18. The Morgan fingerprint density at radius 1 is 1.45 bits per heavy atom. The molecule has 22 heavy (non-hydrogen) atoms. The molecule has 1 heterocycles. The number of guanidine groups is 1. The predicted molar refractivity (Wildman–Crippen MR) is 81.2 cm³/mol. The van der Waals surface area contributed by atoms with Gasteiger partial charge in [0, 0.05) is 24.9 Å². The van der Waals surface area contributed by atoms with Crippen molar-refractivity contribution >= 4 is 17.9 Å². The Kier molecular flexibility index (Phi) is 4.97. The number of H-pyrrole nitrogens is 1. The number of methoxy groups -OCH3 is 1. The number of carbonyl (C=O) groups is 1. The van der Waals surface area contributed by atoms with Gasteiger partial charge in [-0.25, -0.2) is 14.8 Å². The van der Waals surface area contributed by atoms with Crippen molar-refractivity contribution in [2.45, 2.75) is 13.5 Å². The Balaban J connectivity index is 2.19. The van der Waals surface area contributed by atoms with Gasteiger partial charge in [0.15, 0.2) is 0 Å². The summed E-state index contributed by atoms with van der Waals surface area (Å²) in [4.78, 5) is 27.2. The minimum Gasteiger partial charge on any atom is -0.496 e. The minimum atomic E-state index is -0.535. The molecule has 1 aromatic heterocycles. The summed E-state index contributed by atoms with van der Waals surface area (Å²) in [6.07, 6.45) is 3.10. The molecular weight excluding hydrogens is 286 g/mol. The molecule has 0 spiro atoms. The van der Waals surface area contributed by atoms with Crippen molar-refractivity contribution in [3.63, 3.8) is 0 Å². The highest BCUT2D eigenvalue weighted by Gasteiger charge is 2.17. The van der Waals surface area contributed by atoms with Gasteiger partial charge in [0.05, 0.1) is 13.7 Å². The van der Waals surface area contributed by atoms with E-state index < -0.39 is 5.97 Å². The summed E-state index contributed by atoms with van der Waals surface area (Å²) in [5, 5.41) is 1.04. The van der Waals surface area contributed by atoms with E-state index in [1.807, 2.05) is 24.3 Å². The van der Waals surface area contributed by atoms with Crippen molar-refractivity contribution in [1.29, 1.82) is 0 Å². The average Bonchev–Trinajstić information content (AvgIpc) is 3.04. The second-order valence-corrected chi connectivity index (χ2v) is 4.28. The highest BCUT2D eigenvalue weighted by molar-refractivity contribution is 5.93. The van der Waals surface area contributed by atoms with Gasteiger partial charge in [0.25, 0.3) is 0 Å². The van der Waals surface area contributed by atoms with Crippen molar-refractivity contribution in [3.8, 4) is 5.75 Å². The maximum absolute atomic E-state index is 11.2. The van der Waals surface area contributed by atoms with E-state index in [1.165, 1.54) is 13.1 Å². The van der Waals surface area contributed by atoms with Crippen molar-refractivity contribution < 1.29 is 14.4 Å². The zero-order valence-electron chi connectivity index (χ0n) is 12.3. The molecule has 0 fully saturated rings. The average molecular weight is 303 g/mol. The van der Waals surface area contributed by atoms with Crippen LogP contribution in [0, 0.1) is 0 Å². The third-order valence-electron chi connectivity index (χ3n) is 2.71. The number of aromatic amines is 1. The molecule has 0 bridgehead atoms. The molecule has 0 radical (unpaired) electrons. The molecule has 116 valence electrons. The van der Waals surface area contributed by atoms with Gasteiger partial charge in [0.1, 0.15) is 5.75 Å². The van der Waals surface area contributed by atoms with Crippen molar-refractivity contribution in [3.05, 3.63) is 42.2 Å². The number of nitrogens with two attached hydrogens (primary N) is 1. The number of benzene rings is 1. The van der Waals surface area contributed by atoms with Gasteiger partial charge < -0.3 is 20.3 Å². The molecule has 8 heteroatoms. The van der Waals surface area contributed by atoms with Crippen LogP contribution >= 0.6 is 0 Å². The lowest BCUT2D eigenvalue weighted by molar-refractivity contribution is -0.140. The van der Waals surface area contributed by atoms with Gasteiger partial charge in [0.2, 0.25) is 11.9 Å². The van der Waals surface area contributed by atoms with Crippen molar-refractivity contribution in [2.75, 3.05) is 12.2 Å². The van der Waals surface area contributed by atoms with Gasteiger partial charge in [-0.3, -0.25) is 0 Å². The summed E-state index contributed by atoms with van der Waals surface area (Å²) in [5.74, 6) is 0.426. The van der Waals surface area contributed by atoms with E-state index in [9.17, 15) is 4.79 Å². The number of aliphatic imine (C=N–C) groups is 1. The Morgan fingerprint density at radius 3 is 2.86 bits per heavy atom. The lowest BCUT2D eigenvalue weighted by Gasteiger charge is -2.18. The van der Waals surface area contributed by atoms with Crippen molar-refractivity contribution in [2.24, 2.45) is 10.7 Å². The van der Waals surface area contributed by atoms with Crippen LogP contribution in [0.2, 0.25) is 0 Å². The molecule has 0 saturated heterocycles. The largest absolute Gasteiger partial charge is 0.496 e. The summed E-state index contributed by atoms with van der Waals surface area (Å²) in [6, 6.07) is 7.44. The van der Waals surface area contributed by atoms with Gasteiger partial charge in [-0.05, 0) is 6.07 Å². The molecule has 0 atom stereocenters. The zero-order valence-corrected chi connectivity index (χ0v) is 12.3. The number of imidazole rings is 1. The predicted octanol–water partition coefficient (Wildman–Crippen LogP) is 1.22. The van der Waals surface area contributed by atoms with Crippen LogP contribution in [0.3, 0.4) is 0 Å². The van der Waals surface area contributed by atoms with E-state index in [0.717, 1.165) is 10.6 Å². The van der Waals surface area contributed by atoms with E-state index in [0.29, 0.717) is 5.75 Å². The summed E-state index contributed by atoms with van der Waals surface area (Å²) >= 11 is 0. The number of aromatic nitrogens is 2. The third kappa shape index (κ3) is 3.75.